The molecular weight excluding hydrogens is 691 g/mol. The van der Waals surface area contributed by atoms with Gasteiger partial charge in [0.1, 0.15) is 0 Å². The lowest BCUT2D eigenvalue weighted by molar-refractivity contribution is 1.25. The molecule has 268 valence electrons. The second-order valence-corrected chi connectivity index (χ2v) is 14.5. The molecule has 10 rings (SSSR count). The zero-order chi connectivity index (χ0) is 38.1. The summed E-state index contributed by atoms with van der Waals surface area (Å²) in [6.45, 7) is 2.04. The minimum atomic E-state index is 0.903. The molecule has 3 aromatic heterocycles. The van der Waals surface area contributed by atoms with Gasteiger partial charge in [0.15, 0.2) is 0 Å². The fourth-order valence-electron chi connectivity index (χ4n) is 7.80. The van der Waals surface area contributed by atoms with Crippen LogP contribution in [0.15, 0.2) is 206 Å². The van der Waals surface area contributed by atoms with Gasteiger partial charge < -0.3 is 0 Å². The van der Waals surface area contributed by atoms with Gasteiger partial charge in [-0.15, -0.1) is 0 Å². The van der Waals surface area contributed by atoms with Crippen molar-refractivity contribution < 1.29 is 0 Å². The Labute approximate surface area is 332 Å². The first-order valence-corrected chi connectivity index (χ1v) is 19.3. The molecule has 10 aromatic rings. The van der Waals surface area contributed by atoms with E-state index in [0.717, 1.165) is 100 Å². The molecule has 0 saturated heterocycles. The van der Waals surface area contributed by atoms with E-state index < -0.39 is 0 Å². The Morgan fingerprint density at radius 2 is 0.737 bits per heavy atom. The summed E-state index contributed by atoms with van der Waals surface area (Å²) in [6, 6.07) is 73.0. The highest BCUT2D eigenvalue weighted by atomic mass is 14.8. The standard InChI is InChI=1S/C54H37N3/c1-36-26-27-40-28-29-48-49(35-52(57-54(48)53(40)55-36)46-25-12-20-41(31-46)37-14-5-2-6-15-37)44-23-11-21-42(30-44)43-22-13-24-45(32-43)51-34-47(38-16-7-3-8-17-38)33-50(56-51)39-18-9-4-10-19-39/h2-35H,1H3. The van der Waals surface area contributed by atoms with Gasteiger partial charge >= 0.3 is 0 Å². The number of nitrogens with zero attached hydrogens (tertiary/aromatic N) is 3. The van der Waals surface area contributed by atoms with Crippen LogP contribution in [0.3, 0.4) is 0 Å². The predicted octanol–water partition coefficient (Wildman–Crippen LogP) is 14.2. The van der Waals surface area contributed by atoms with Gasteiger partial charge in [-0.05, 0) is 93.9 Å². The van der Waals surface area contributed by atoms with Crippen LogP contribution in [-0.2, 0) is 0 Å². The van der Waals surface area contributed by atoms with E-state index in [9.17, 15) is 0 Å². The zero-order valence-corrected chi connectivity index (χ0v) is 31.5. The molecule has 7 aromatic carbocycles. The third-order valence-corrected chi connectivity index (χ3v) is 10.7. The van der Waals surface area contributed by atoms with E-state index in [1.54, 1.807) is 0 Å². The molecular formula is C54H37N3. The summed E-state index contributed by atoms with van der Waals surface area (Å²) in [5, 5.41) is 2.15. The van der Waals surface area contributed by atoms with Crippen LogP contribution in [0.5, 0.6) is 0 Å². The minimum absolute atomic E-state index is 0.903. The van der Waals surface area contributed by atoms with Crippen LogP contribution in [0.2, 0.25) is 0 Å². The van der Waals surface area contributed by atoms with Gasteiger partial charge in [0.05, 0.1) is 28.1 Å². The van der Waals surface area contributed by atoms with Crippen LogP contribution >= 0.6 is 0 Å². The summed E-state index contributed by atoms with van der Waals surface area (Å²) in [6.07, 6.45) is 0. The molecule has 0 atom stereocenters. The maximum absolute atomic E-state index is 5.35. The number of hydrogen-bond acceptors (Lipinski definition) is 3. The highest BCUT2D eigenvalue weighted by molar-refractivity contribution is 6.09. The van der Waals surface area contributed by atoms with Crippen LogP contribution in [0.4, 0.5) is 0 Å². The average molecular weight is 728 g/mol. The maximum atomic E-state index is 5.35. The summed E-state index contributed by atoms with van der Waals surface area (Å²) in [5.74, 6) is 0. The molecule has 57 heavy (non-hydrogen) atoms. The molecule has 3 heterocycles. The van der Waals surface area contributed by atoms with E-state index in [-0.39, 0.29) is 0 Å². The van der Waals surface area contributed by atoms with Gasteiger partial charge in [-0.25, -0.2) is 9.97 Å². The molecule has 0 saturated carbocycles. The Bertz CT molecular complexity index is 3010. The second-order valence-electron chi connectivity index (χ2n) is 14.5. The smallest absolute Gasteiger partial charge is 0.0978 e. The van der Waals surface area contributed by atoms with E-state index in [2.05, 4.69) is 200 Å². The number of fused-ring (bicyclic) bond motifs is 3. The van der Waals surface area contributed by atoms with Crippen molar-refractivity contribution in [2.75, 3.05) is 0 Å². The van der Waals surface area contributed by atoms with Crippen molar-refractivity contribution in [3.8, 4) is 78.3 Å². The topological polar surface area (TPSA) is 38.7 Å². The molecule has 0 amide bonds. The fourth-order valence-corrected chi connectivity index (χ4v) is 7.80. The highest BCUT2D eigenvalue weighted by Gasteiger charge is 2.16. The molecule has 0 bridgehead atoms. The highest BCUT2D eigenvalue weighted by Crippen LogP contribution is 2.38. The molecule has 0 radical (unpaired) electrons. The third-order valence-electron chi connectivity index (χ3n) is 10.7. The van der Waals surface area contributed by atoms with Crippen LogP contribution in [0.1, 0.15) is 5.69 Å². The van der Waals surface area contributed by atoms with Crippen LogP contribution in [0, 0.1) is 6.92 Å². The van der Waals surface area contributed by atoms with Crippen molar-refractivity contribution in [1.82, 2.24) is 15.0 Å². The molecule has 3 nitrogen and oxygen atoms in total. The molecule has 0 spiro atoms. The minimum Gasteiger partial charge on any atom is -0.251 e. The quantitative estimate of drug-likeness (QED) is 0.153. The van der Waals surface area contributed by atoms with Crippen LogP contribution < -0.4 is 0 Å². The van der Waals surface area contributed by atoms with Crippen molar-refractivity contribution in [2.45, 2.75) is 6.92 Å². The Morgan fingerprint density at radius 3 is 1.37 bits per heavy atom. The van der Waals surface area contributed by atoms with E-state index in [1.165, 1.54) is 5.56 Å². The van der Waals surface area contributed by atoms with E-state index >= 15 is 0 Å². The molecule has 0 aliphatic heterocycles. The molecule has 0 fully saturated rings. The predicted molar refractivity (Wildman–Crippen MR) is 238 cm³/mol. The third kappa shape index (κ3) is 6.77. The summed E-state index contributed by atoms with van der Waals surface area (Å²) in [5.41, 5.74) is 17.9. The SMILES string of the molecule is Cc1ccc2ccc3c(-c4cccc(-c5cccc(-c6cc(-c7ccccc7)cc(-c7ccccc7)n6)c5)c4)cc(-c4cccc(-c5ccccc5)c4)nc3c2n1. The van der Waals surface area contributed by atoms with Crippen molar-refractivity contribution in [3.05, 3.63) is 212 Å². The first-order valence-electron chi connectivity index (χ1n) is 19.3. The van der Waals surface area contributed by atoms with E-state index in [0.29, 0.717) is 0 Å². The number of aryl methyl sites for hydroxylation is 1. The van der Waals surface area contributed by atoms with E-state index in [4.69, 9.17) is 15.0 Å². The van der Waals surface area contributed by atoms with Gasteiger partial charge in [-0.3, -0.25) is 4.98 Å². The molecule has 0 aliphatic carbocycles. The number of pyridine rings is 3. The maximum Gasteiger partial charge on any atom is 0.0978 e. The fraction of sp³-hybridized carbons (Fsp3) is 0.0185. The van der Waals surface area contributed by atoms with Gasteiger partial charge in [-0.2, -0.15) is 0 Å². The number of rotatable bonds is 7. The monoisotopic (exact) mass is 727 g/mol. The van der Waals surface area contributed by atoms with Crippen LogP contribution in [-0.4, -0.2) is 15.0 Å². The Hall–Kier alpha value is -7.49. The van der Waals surface area contributed by atoms with Crippen LogP contribution in [0.25, 0.3) is 100 Å². The lowest BCUT2D eigenvalue weighted by Crippen LogP contribution is -1.94. The van der Waals surface area contributed by atoms with Gasteiger partial charge in [0.25, 0.3) is 0 Å². The lowest BCUT2D eigenvalue weighted by Gasteiger charge is -2.14. The summed E-state index contributed by atoms with van der Waals surface area (Å²) >= 11 is 0. The molecule has 0 N–H and O–H groups in total. The van der Waals surface area contributed by atoms with E-state index in [1.807, 2.05) is 13.0 Å². The Balaban J connectivity index is 1.10. The van der Waals surface area contributed by atoms with Crippen molar-refractivity contribution in [3.63, 3.8) is 0 Å². The average Bonchev–Trinajstić information content (AvgIpc) is 3.29. The molecule has 0 unspecified atom stereocenters. The zero-order valence-electron chi connectivity index (χ0n) is 31.5. The normalized spacial score (nSPS) is 11.2. The van der Waals surface area contributed by atoms with Gasteiger partial charge in [-0.1, -0.05) is 164 Å². The van der Waals surface area contributed by atoms with Crippen molar-refractivity contribution >= 4 is 21.8 Å². The Kier molecular flexibility index (Phi) is 8.74. The number of hydrogen-bond donors (Lipinski definition) is 0. The summed E-state index contributed by atoms with van der Waals surface area (Å²) in [4.78, 5) is 15.6. The second kappa shape index (κ2) is 14.6. The molecule has 0 aliphatic rings. The first-order chi connectivity index (χ1) is 28.1. The lowest BCUT2D eigenvalue weighted by atomic mass is 9.93. The van der Waals surface area contributed by atoms with Gasteiger partial charge in [0, 0.05) is 33.2 Å². The Morgan fingerprint density at radius 1 is 0.281 bits per heavy atom. The largest absolute Gasteiger partial charge is 0.251 e. The first kappa shape index (κ1) is 34.0. The number of benzene rings is 7. The summed E-state index contributed by atoms with van der Waals surface area (Å²) in [7, 11) is 0. The van der Waals surface area contributed by atoms with Crippen molar-refractivity contribution in [2.24, 2.45) is 0 Å². The number of aromatic nitrogens is 3. The van der Waals surface area contributed by atoms with Gasteiger partial charge in [0.2, 0.25) is 0 Å². The summed E-state index contributed by atoms with van der Waals surface area (Å²) < 4.78 is 0. The van der Waals surface area contributed by atoms with Crippen molar-refractivity contribution in [1.29, 1.82) is 0 Å². The molecule has 3 heteroatoms.